The third-order valence-electron chi connectivity index (χ3n) is 0. The van der Waals surface area contributed by atoms with Gasteiger partial charge in [0.25, 0.3) is 0 Å². The minimum absolute atomic E-state index is 0. The predicted octanol–water partition coefficient (Wildman–Crippen LogP) is -2.76. The average Bonchev–Trinajstić information content (AvgIpc) is 0.722. The molecule has 0 unspecified atom stereocenters. The summed E-state index contributed by atoms with van der Waals surface area (Å²) in [5, 5.41) is 0. The Kier molecular flexibility index (Phi) is 26.1. The molecule has 0 aliphatic rings. The number of hydrogen-bond acceptors (Lipinski definition) is 1. The van der Waals surface area contributed by atoms with E-state index in [2.05, 4.69) is 0 Å². The zero-order valence-electron chi connectivity index (χ0n) is 2.70. The van der Waals surface area contributed by atoms with E-state index in [-0.39, 0.29) is 66.4 Å². The Hall–Kier alpha value is 2.29. The van der Waals surface area contributed by atoms with Crippen molar-refractivity contribution in [3.63, 3.8) is 0 Å². The molecule has 0 atom stereocenters. The van der Waals surface area contributed by atoms with Crippen LogP contribution in [0.15, 0.2) is 0 Å². The molecule has 0 aromatic carbocycles. The van der Waals surface area contributed by atoms with Crippen molar-refractivity contribution in [3.8, 4) is 0 Å². The molecule has 0 aromatic rings. The molecule has 0 aromatic heterocycles. The van der Waals surface area contributed by atoms with Gasteiger partial charge in [-0.25, -0.2) is 4.57 Å². The Morgan fingerprint density at radius 2 is 1.12 bits per heavy atom. The molecule has 3 N–H and O–H groups in total. The van der Waals surface area contributed by atoms with E-state index in [9.17, 15) is 0 Å². The average molecular weight is 272 g/mol. The first-order chi connectivity index (χ1) is 2.00. The molecule has 0 amide bonds. The fourth-order valence-electron chi connectivity index (χ4n) is 0. The summed E-state index contributed by atoms with van der Waals surface area (Å²) in [7, 11) is -4.64. The predicted molar refractivity (Wildman–Crippen MR) is 31.4 cm³/mol. The summed E-state index contributed by atoms with van der Waals surface area (Å²) >= 11 is 0. The van der Waals surface area contributed by atoms with Crippen LogP contribution in [0.2, 0.25) is 0 Å². The molecule has 4 nitrogen and oxygen atoms in total. The summed E-state index contributed by atoms with van der Waals surface area (Å²) in [5.41, 5.74) is 0. The number of rotatable bonds is 0. The van der Waals surface area contributed by atoms with Gasteiger partial charge in [0, 0.05) is 21.7 Å². The van der Waals surface area contributed by atoms with Gasteiger partial charge in [-0.3, -0.25) is 0 Å². The summed E-state index contributed by atoms with van der Waals surface area (Å²) in [5.74, 6) is 0. The normalized spacial score (nSPS) is 7.38. The topological polar surface area (TPSA) is 77.8 Å². The van der Waals surface area contributed by atoms with E-state index in [1.807, 2.05) is 0 Å². The van der Waals surface area contributed by atoms with E-state index in [0.717, 1.165) is 0 Å². The second-order valence-electron chi connectivity index (χ2n) is 0.513. The fraction of sp³-hybridized carbons (Fsp3) is 0. The summed E-state index contributed by atoms with van der Waals surface area (Å²) in [4.78, 5) is 21.6. The Labute approximate surface area is 92.5 Å². The Morgan fingerprint density at radius 1 is 1.12 bits per heavy atom. The molecule has 0 saturated heterocycles. The summed E-state index contributed by atoms with van der Waals surface area (Å²) in [6.45, 7) is 0. The molecule has 8 heteroatoms. The van der Waals surface area contributed by atoms with Gasteiger partial charge in [-0.05, 0) is 0 Å². The van der Waals surface area contributed by atoms with E-state index in [4.69, 9.17) is 19.2 Å². The van der Waals surface area contributed by atoms with Gasteiger partial charge in [0.15, 0.2) is 0 Å². The van der Waals surface area contributed by atoms with Crippen LogP contribution >= 0.6 is 7.82 Å². The molecule has 0 rings (SSSR count). The Bertz CT molecular complexity index is 62.2. The maximum Gasteiger partial charge on any atom is 0 e. The van der Waals surface area contributed by atoms with Crippen LogP contribution in [0.5, 0.6) is 0 Å². The van der Waals surface area contributed by atoms with Gasteiger partial charge in [0.2, 0.25) is 0 Å². The number of hydrogen-bond donors (Lipinski definition) is 3. The van der Waals surface area contributed by atoms with Gasteiger partial charge in [-0.15, -0.1) is 0 Å². The second kappa shape index (κ2) is 9.29. The molecular formula is H7InLiO4PTi. The van der Waals surface area contributed by atoms with Crippen molar-refractivity contribution in [2.45, 2.75) is 0 Å². The monoisotopic (exact) mass is 272 g/mol. The largest absolute Gasteiger partial charge is 0 e. The van der Waals surface area contributed by atoms with E-state index in [1.54, 1.807) is 0 Å². The fourth-order valence-corrected chi connectivity index (χ4v) is 0. The van der Waals surface area contributed by atoms with Crippen molar-refractivity contribution in [1.29, 1.82) is 0 Å². The second-order valence-corrected chi connectivity index (χ2v) is 1.54. The van der Waals surface area contributed by atoms with Crippen LogP contribution in [0.4, 0.5) is 0 Å². The number of phosphoric acid groups is 1. The van der Waals surface area contributed by atoms with Crippen molar-refractivity contribution in [3.05, 3.63) is 0 Å². The first-order valence-electron chi connectivity index (χ1n) is 0.783. The van der Waals surface area contributed by atoms with Crippen molar-refractivity contribution < 1.29 is 41.0 Å². The van der Waals surface area contributed by atoms with E-state index in [0.29, 0.717) is 0 Å². The molecule has 0 saturated carbocycles. The van der Waals surface area contributed by atoms with Crippen LogP contribution in [0.3, 0.4) is 0 Å². The van der Waals surface area contributed by atoms with Crippen LogP contribution in [0.25, 0.3) is 0 Å². The van der Waals surface area contributed by atoms with Gasteiger partial charge >= 0.3 is 52.5 Å². The van der Waals surface area contributed by atoms with Crippen LogP contribution in [0, 0.1) is 0 Å². The van der Waals surface area contributed by atoms with Crippen molar-refractivity contribution in [2.24, 2.45) is 0 Å². The van der Waals surface area contributed by atoms with Crippen molar-refractivity contribution in [1.82, 2.24) is 0 Å². The minimum Gasteiger partial charge on any atom is 0 e. The molecule has 0 fully saturated rings. The van der Waals surface area contributed by atoms with Crippen LogP contribution in [-0.2, 0) is 26.3 Å². The molecule has 0 heterocycles. The summed E-state index contributed by atoms with van der Waals surface area (Å²) in [6.07, 6.45) is 0. The molecule has 8 heavy (non-hydrogen) atoms. The third-order valence-corrected chi connectivity index (χ3v) is 0. The van der Waals surface area contributed by atoms with E-state index < -0.39 is 7.82 Å². The van der Waals surface area contributed by atoms with Crippen LogP contribution < -0.4 is 0 Å². The molecule has 0 aliphatic heterocycles. The SMILES string of the molecule is O=P(O)(O)O.[InH3].[LiH].[Ti]. The van der Waals surface area contributed by atoms with E-state index in [1.165, 1.54) is 0 Å². The third kappa shape index (κ3) is 83.9. The smallest absolute Gasteiger partial charge is 0 e. The molecule has 44 valence electrons. The van der Waals surface area contributed by atoms with E-state index >= 15 is 0 Å². The quantitative estimate of drug-likeness (QED) is 0.329. The molecular weight excluding hydrogens is 265 g/mol. The molecule has 0 aliphatic carbocycles. The maximum absolute atomic E-state index is 8.88. The van der Waals surface area contributed by atoms with Crippen molar-refractivity contribution >= 4 is 52.5 Å². The first-order valence-corrected chi connectivity index (χ1v) is 2.35. The minimum atomic E-state index is -4.64. The van der Waals surface area contributed by atoms with Gasteiger partial charge in [-0.1, -0.05) is 0 Å². The van der Waals surface area contributed by atoms with Gasteiger partial charge in [0.1, 0.15) is 0 Å². The van der Waals surface area contributed by atoms with Crippen LogP contribution in [0.1, 0.15) is 0 Å². The molecule has 0 bridgehead atoms. The molecule has 0 radical (unpaired) electrons. The Balaban J connectivity index is -0.0000000267. The van der Waals surface area contributed by atoms with Gasteiger partial charge in [-0.2, -0.15) is 0 Å². The first kappa shape index (κ1) is 22.4. The van der Waals surface area contributed by atoms with Gasteiger partial charge in [0.05, 0.1) is 0 Å². The Morgan fingerprint density at radius 3 is 1.12 bits per heavy atom. The molecule has 0 spiro atoms. The van der Waals surface area contributed by atoms with Crippen molar-refractivity contribution in [2.75, 3.05) is 0 Å². The van der Waals surface area contributed by atoms with Gasteiger partial charge < -0.3 is 14.7 Å². The van der Waals surface area contributed by atoms with Crippen LogP contribution in [-0.4, -0.2) is 59.4 Å². The summed E-state index contributed by atoms with van der Waals surface area (Å²) < 4.78 is 8.88. The summed E-state index contributed by atoms with van der Waals surface area (Å²) in [6, 6.07) is 0. The zero-order chi connectivity index (χ0) is 4.50. The standard InChI is InChI=1S/In.Li.H3O4P.Ti.4H/c;;1-5(2,3)4;;;;;/h;;(H3,1,2,3,4);;;;;. The zero-order valence-corrected chi connectivity index (χ0v) is 5.15. The maximum atomic E-state index is 8.88.